The highest BCUT2D eigenvalue weighted by Gasteiger charge is 2.05. The summed E-state index contributed by atoms with van der Waals surface area (Å²) in [6.45, 7) is 2.50. The fourth-order valence-corrected chi connectivity index (χ4v) is 2.12. The predicted octanol–water partition coefficient (Wildman–Crippen LogP) is 2.16. The van der Waals surface area contributed by atoms with Gasteiger partial charge in [-0.2, -0.15) is 4.98 Å². The van der Waals surface area contributed by atoms with E-state index in [4.69, 9.17) is 10.3 Å². The SMILES string of the molecule is Cc1nc(CCNc2ccc(N)c3ccncc23)no1. The molecule has 0 unspecified atom stereocenters. The molecule has 0 aliphatic rings. The van der Waals surface area contributed by atoms with E-state index >= 15 is 0 Å². The number of nitrogen functional groups attached to an aromatic ring is 1. The minimum absolute atomic E-state index is 0.585. The van der Waals surface area contributed by atoms with Gasteiger partial charge in [-0.25, -0.2) is 0 Å². The van der Waals surface area contributed by atoms with Crippen LogP contribution in [0.2, 0.25) is 0 Å². The molecule has 3 rings (SSSR count). The van der Waals surface area contributed by atoms with Crippen LogP contribution in [0, 0.1) is 6.92 Å². The number of aromatic nitrogens is 3. The lowest BCUT2D eigenvalue weighted by atomic mass is 10.1. The molecule has 0 fully saturated rings. The van der Waals surface area contributed by atoms with Crippen molar-refractivity contribution in [3.05, 3.63) is 42.3 Å². The average molecular weight is 269 g/mol. The van der Waals surface area contributed by atoms with Crippen LogP contribution in [0.15, 0.2) is 35.1 Å². The molecule has 0 atom stereocenters. The highest BCUT2D eigenvalue weighted by Crippen LogP contribution is 2.27. The van der Waals surface area contributed by atoms with Crippen molar-refractivity contribution >= 4 is 22.1 Å². The van der Waals surface area contributed by atoms with E-state index in [0.717, 1.165) is 22.1 Å². The molecular weight excluding hydrogens is 254 g/mol. The van der Waals surface area contributed by atoms with Gasteiger partial charge in [-0.15, -0.1) is 0 Å². The molecule has 0 spiro atoms. The smallest absolute Gasteiger partial charge is 0.223 e. The standard InChI is InChI=1S/C14H15N5O/c1-9-18-14(19-20-9)5-7-17-13-3-2-12(15)10-4-6-16-8-11(10)13/h2-4,6,8,17H,5,7,15H2,1H3. The molecule has 2 heterocycles. The number of nitrogens with two attached hydrogens (primary N) is 1. The first kappa shape index (κ1) is 12.4. The van der Waals surface area contributed by atoms with Gasteiger partial charge in [-0.1, -0.05) is 5.16 Å². The lowest BCUT2D eigenvalue weighted by Crippen LogP contribution is -2.06. The normalized spacial score (nSPS) is 10.8. The topological polar surface area (TPSA) is 89.9 Å². The van der Waals surface area contributed by atoms with Gasteiger partial charge in [0.2, 0.25) is 5.89 Å². The van der Waals surface area contributed by atoms with Gasteiger partial charge >= 0.3 is 0 Å². The highest BCUT2D eigenvalue weighted by molar-refractivity contribution is 6.00. The van der Waals surface area contributed by atoms with Crippen molar-refractivity contribution in [3.63, 3.8) is 0 Å². The number of rotatable bonds is 4. The van der Waals surface area contributed by atoms with Crippen molar-refractivity contribution in [2.45, 2.75) is 13.3 Å². The van der Waals surface area contributed by atoms with Crippen molar-refractivity contribution in [2.24, 2.45) is 0 Å². The van der Waals surface area contributed by atoms with Gasteiger partial charge in [0.25, 0.3) is 0 Å². The minimum atomic E-state index is 0.585. The lowest BCUT2D eigenvalue weighted by Gasteiger charge is -2.10. The number of anilines is 2. The maximum absolute atomic E-state index is 5.96. The van der Waals surface area contributed by atoms with Gasteiger partial charge < -0.3 is 15.6 Å². The molecule has 102 valence electrons. The molecule has 0 aliphatic heterocycles. The molecule has 0 radical (unpaired) electrons. The third-order valence-electron chi connectivity index (χ3n) is 3.09. The van der Waals surface area contributed by atoms with E-state index in [9.17, 15) is 0 Å². The number of benzene rings is 1. The van der Waals surface area contributed by atoms with Crippen LogP contribution in [0.5, 0.6) is 0 Å². The zero-order valence-corrected chi connectivity index (χ0v) is 11.1. The van der Waals surface area contributed by atoms with Gasteiger partial charge in [-0.05, 0) is 18.2 Å². The van der Waals surface area contributed by atoms with Crippen LogP contribution in [-0.2, 0) is 6.42 Å². The van der Waals surface area contributed by atoms with E-state index in [1.807, 2.05) is 24.4 Å². The van der Waals surface area contributed by atoms with Crippen molar-refractivity contribution in [1.29, 1.82) is 0 Å². The zero-order valence-electron chi connectivity index (χ0n) is 11.1. The Labute approximate surface area is 116 Å². The summed E-state index contributed by atoms with van der Waals surface area (Å²) in [5, 5.41) is 9.23. The Morgan fingerprint density at radius 3 is 2.95 bits per heavy atom. The molecule has 2 aromatic heterocycles. The van der Waals surface area contributed by atoms with E-state index in [2.05, 4.69) is 20.4 Å². The monoisotopic (exact) mass is 269 g/mol. The molecular formula is C14H15N5O. The van der Waals surface area contributed by atoms with E-state index in [1.54, 1.807) is 13.1 Å². The summed E-state index contributed by atoms with van der Waals surface area (Å²) < 4.78 is 4.94. The number of aryl methyl sites for hydroxylation is 1. The Balaban J connectivity index is 1.76. The summed E-state index contributed by atoms with van der Waals surface area (Å²) in [5.41, 5.74) is 7.71. The maximum Gasteiger partial charge on any atom is 0.223 e. The molecule has 0 saturated heterocycles. The molecule has 6 nitrogen and oxygen atoms in total. The van der Waals surface area contributed by atoms with Crippen molar-refractivity contribution < 1.29 is 4.52 Å². The van der Waals surface area contributed by atoms with E-state index in [1.165, 1.54) is 0 Å². The number of nitrogens with one attached hydrogen (secondary N) is 1. The summed E-state index contributed by atoms with van der Waals surface area (Å²) in [5.74, 6) is 1.29. The first-order valence-electron chi connectivity index (χ1n) is 6.39. The molecule has 0 amide bonds. The third-order valence-corrected chi connectivity index (χ3v) is 3.09. The average Bonchev–Trinajstić information content (AvgIpc) is 2.87. The molecule has 3 aromatic rings. The zero-order chi connectivity index (χ0) is 13.9. The first-order chi connectivity index (χ1) is 9.74. The minimum Gasteiger partial charge on any atom is -0.398 e. The summed E-state index contributed by atoms with van der Waals surface area (Å²) >= 11 is 0. The number of pyridine rings is 1. The number of hydrogen-bond acceptors (Lipinski definition) is 6. The van der Waals surface area contributed by atoms with Gasteiger partial charge in [0, 0.05) is 54.4 Å². The number of fused-ring (bicyclic) bond motifs is 1. The van der Waals surface area contributed by atoms with Gasteiger partial charge in [0.05, 0.1) is 0 Å². The van der Waals surface area contributed by atoms with Crippen molar-refractivity contribution in [2.75, 3.05) is 17.6 Å². The number of nitrogens with zero attached hydrogens (tertiary/aromatic N) is 3. The number of hydrogen-bond donors (Lipinski definition) is 2. The summed E-state index contributed by atoms with van der Waals surface area (Å²) in [4.78, 5) is 8.32. The molecule has 6 heteroatoms. The van der Waals surface area contributed by atoms with E-state index in [-0.39, 0.29) is 0 Å². The second-order valence-electron chi connectivity index (χ2n) is 4.53. The molecule has 0 saturated carbocycles. The molecule has 0 aliphatic carbocycles. The predicted molar refractivity (Wildman–Crippen MR) is 77.4 cm³/mol. The van der Waals surface area contributed by atoms with Crippen molar-refractivity contribution in [1.82, 2.24) is 15.1 Å². The largest absolute Gasteiger partial charge is 0.398 e. The molecule has 1 aromatic carbocycles. The third kappa shape index (κ3) is 2.40. The van der Waals surface area contributed by atoms with E-state index < -0.39 is 0 Å². The van der Waals surface area contributed by atoms with Gasteiger partial charge in [0.1, 0.15) is 0 Å². The second-order valence-corrected chi connectivity index (χ2v) is 4.53. The first-order valence-corrected chi connectivity index (χ1v) is 6.39. The quantitative estimate of drug-likeness (QED) is 0.705. The van der Waals surface area contributed by atoms with Crippen LogP contribution in [0.1, 0.15) is 11.7 Å². The Hall–Kier alpha value is -2.63. The molecule has 20 heavy (non-hydrogen) atoms. The lowest BCUT2D eigenvalue weighted by molar-refractivity contribution is 0.387. The van der Waals surface area contributed by atoms with Crippen LogP contribution < -0.4 is 11.1 Å². The van der Waals surface area contributed by atoms with Crippen LogP contribution in [-0.4, -0.2) is 21.7 Å². The Bertz CT molecular complexity index is 737. The molecule has 3 N–H and O–H groups in total. The van der Waals surface area contributed by atoms with Crippen LogP contribution >= 0.6 is 0 Å². The van der Waals surface area contributed by atoms with Gasteiger partial charge in [-0.3, -0.25) is 4.98 Å². The van der Waals surface area contributed by atoms with E-state index in [0.29, 0.717) is 24.7 Å². The highest BCUT2D eigenvalue weighted by atomic mass is 16.5. The van der Waals surface area contributed by atoms with Crippen LogP contribution in [0.3, 0.4) is 0 Å². The van der Waals surface area contributed by atoms with Gasteiger partial charge in [0.15, 0.2) is 5.82 Å². The fraction of sp³-hybridized carbons (Fsp3) is 0.214. The fourth-order valence-electron chi connectivity index (χ4n) is 2.12. The summed E-state index contributed by atoms with van der Waals surface area (Å²) in [7, 11) is 0. The maximum atomic E-state index is 5.96. The Morgan fingerprint density at radius 1 is 1.25 bits per heavy atom. The van der Waals surface area contributed by atoms with Crippen molar-refractivity contribution in [3.8, 4) is 0 Å². The second kappa shape index (κ2) is 5.16. The Morgan fingerprint density at radius 2 is 2.15 bits per heavy atom. The summed E-state index contributed by atoms with van der Waals surface area (Å²) in [6, 6.07) is 5.77. The van der Waals surface area contributed by atoms with Crippen LogP contribution in [0.4, 0.5) is 11.4 Å². The van der Waals surface area contributed by atoms with Crippen LogP contribution in [0.25, 0.3) is 10.8 Å². The Kier molecular flexibility index (Phi) is 3.20. The summed E-state index contributed by atoms with van der Waals surface area (Å²) in [6.07, 6.45) is 4.25. The molecule has 0 bridgehead atoms.